The molecule has 110 valence electrons. The van der Waals surface area contributed by atoms with Gasteiger partial charge in [-0.15, -0.1) is 0 Å². The Morgan fingerprint density at radius 3 is 2.05 bits per heavy atom. The molecular formula is C17H15N2OPS. The SMILES string of the molecule is Cc1ccc(OP2(=S)Nc3cccc4cccc(c34)N2)cc1. The largest absolute Gasteiger partial charge is 0.433 e. The molecule has 1 heterocycles. The van der Waals surface area contributed by atoms with Gasteiger partial charge in [0.05, 0.1) is 11.4 Å². The predicted molar refractivity (Wildman–Crippen MR) is 97.3 cm³/mol. The summed E-state index contributed by atoms with van der Waals surface area (Å²) in [5.74, 6) is 0.778. The van der Waals surface area contributed by atoms with Crippen LogP contribution in [0, 0.1) is 6.92 Å². The first-order chi connectivity index (χ1) is 10.6. The van der Waals surface area contributed by atoms with E-state index in [1.54, 1.807) is 0 Å². The van der Waals surface area contributed by atoms with Crippen molar-refractivity contribution in [3.8, 4) is 5.75 Å². The maximum absolute atomic E-state index is 6.09. The van der Waals surface area contributed by atoms with E-state index in [2.05, 4.69) is 29.2 Å². The number of benzene rings is 3. The van der Waals surface area contributed by atoms with E-state index < -0.39 is 6.57 Å². The van der Waals surface area contributed by atoms with Crippen LogP contribution in [-0.2, 0) is 11.8 Å². The van der Waals surface area contributed by atoms with E-state index in [-0.39, 0.29) is 0 Å². The van der Waals surface area contributed by atoms with Crippen molar-refractivity contribution in [3.63, 3.8) is 0 Å². The third-order valence-electron chi connectivity index (χ3n) is 3.69. The average Bonchev–Trinajstić information content (AvgIpc) is 2.50. The molecule has 0 aromatic heterocycles. The van der Waals surface area contributed by atoms with Crippen molar-refractivity contribution >= 4 is 40.5 Å². The lowest BCUT2D eigenvalue weighted by Gasteiger charge is -2.31. The Bertz CT molecular complexity index is 863. The molecule has 0 unspecified atom stereocenters. The number of nitrogens with one attached hydrogen (secondary N) is 2. The van der Waals surface area contributed by atoms with Crippen molar-refractivity contribution in [1.29, 1.82) is 0 Å². The minimum atomic E-state index is -2.41. The fourth-order valence-electron chi connectivity index (χ4n) is 2.67. The van der Waals surface area contributed by atoms with Gasteiger partial charge in [0.1, 0.15) is 5.75 Å². The van der Waals surface area contributed by atoms with E-state index in [1.165, 1.54) is 10.9 Å². The molecule has 4 rings (SSSR count). The van der Waals surface area contributed by atoms with Gasteiger partial charge in [0.15, 0.2) is 0 Å². The Labute approximate surface area is 134 Å². The zero-order valence-corrected chi connectivity index (χ0v) is 13.7. The van der Waals surface area contributed by atoms with Gasteiger partial charge in [-0.1, -0.05) is 42.0 Å². The van der Waals surface area contributed by atoms with Crippen LogP contribution in [0.4, 0.5) is 11.4 Å². The highest BCUT2D eigenvalue weighted by molar-refractivity contribution is 8.13. The highest BCUT2D eigenvalue weighted by Crippen LogP contribution is 2.53. The van der Waals surface area contributed by atoms with Gasteiger partial charge in [-0.2, -0.15) is 0 Å². The van der Waals surface area contributed by atoms with Gasteiger partial charge in [-0.25, -0.2) is 0 Å². The molecule has 5 heteroatoms. The molecule has 0 spiro atoms. The molecule has 3 aromatic carbocycles. The molecule has 3 nitrogen and oxygen atoms in total. The van der Waals surface area contributed by atoms with Crippen LogP contribution in [0.2, 0.25) is 0 Å². The molecule has 0 amide bonds. The van der Waals surface area contributed by atoms with E-state index in [1.807, 2.05) is 48.5 Å². The van der Waals surface area contributed by atoms with Gasteiger partial charge < -0.3 is 14.7 Å². The number of anilines is 2. The van der Waals surface area contributed by atoms with Crippen molar-refractivity contribution < 1.29 is 4.52 Å². The first-order valence-corrected chi connectivity index (χ1v) is 9.80. The predicted octanol–water partition coefficient (Wildman–Crippen LogP) is 5.29. The summed E-state index contributed by atoms with van der Waals surface area (Å²) in [6.45, 7) is -0.358. The van der Waals surface area contributed by atoms with Crippen molar-refractivity contribution in [2.24, 2.45) is 0 Å². The van der Waals surface area contributed by atoms with Crippen LogP contribution >= 0.6 is 6.57 Å². The molecule has 0 bridgehead atoms. The number of rotatable bonds is 2. The second-order valence-electron chi connectivity index (χ2n) is 5.39. The van der Waals surface area contributed by atoms with Gasteiger partial charge in [-0.3, -0.25) is 0 Å². The Morgan fingerprint density at radius 2 is 1.45 bits per heavy atom. The van der Waals surface area contributed by atoms with Gasteiger partial charge in [-0.05, 0) is 48.4 Å². The van der Waals surface area contributed by atoms with Crippen molar-refractivity contribution in [2.45, 2.75) is 6.92 Å². The monoisotopic (exact) mass is 326 g/mol. The Balaban J connectivity index is 1.74. The second-order valence-corrected chi connectivity index (χ2v) is 8.66. The lowest BCUT2D eigenvalue weighted by molar-refractivity contribution is 0.619. The quantitative estimate of drug-likeness (QED) is 0.627. The minimum Gasteiger partial charge on any atom is -0.433 e. The number of hydrogen-bond acceptors (Lipinski definition) is 2. The maximum Gasteiger partial charge on any atom is 0.299 e. The third-order valence-corrected chi connectivity index (χ3v) is 6.00. The smallest absolute Gasteiger partial charge is 0.299 e. The van der Waals surface area contributed by atoms with E-state index in [0.717, 1.165) is 22.5 Å². The summed E-state index contributed by atoms with van der Waals surface area (Å²) in [5.41, 5.74) is 3.26. The van der Waals surface area contributed by atoms with Crippen molar-refractivity contribution in [2.75, 3.05) is 10.2 Å². The summed E-state index contributed by atoms with van der Waals surface area (Å²) in [6, 6.07) is 20.3. The van der Waals surface area contributed by atoms with E-state index in [9.17, 15) is 0 Å². The van der Waals surface area contributed by atoms with Crippen LogP contribution in [-0.4, -0.2) is 0 Å². The molecule has 0 radical (unpaired) electrons. The molecule has 0 aliphatic carbocycles. The maximum atomic E-state index is 6.09. The Morgan fingerprint density at radius 1 is 0.864 bits per heavy atom. The van der Waals surface area contributed by atoms with Gasteiger partial charge >= 0.3 is 0 Å². The lowest BCUT2D eigenvalue weighted by Crippen LogP contribution is -2.15. The molecule has 1 aliphatic heterocycles. The number of hydrogen-bond donors (Lipinski definition) is 2. The fraction of sp³-hybridized carbons (Fsp3) is 0.0588. The zero-order chi connectivity index (χ0) is 15.2. The van der Waals surface area contributed by atoms with Crippen molar-refractivity contribution in [1.82, 2.24) is 0 Å². The molecule has 22 heavy (non-hydrogen) atoms. The summed E-state index contributed by atoms with van der Waals surface area (Å²) in [7, 11) is 0. The lowest BCUT2D eigenvalue weighted by atomic mass is 10.1. The van der Waals surface area contributed by atoms with Crippen LogP contribution in [0.5, 0.6) is 5.75 Å². The Kier molecular flexibility index (Phi) is 3.10. The third kappa shape index (κ3) is 2.35. The van der Waals surface area contributed by atoms with Gasteiger partial charge in [0, 0.05) is 5.39 Å². The van der Waals surface area contributed by atoms with Crippen LogP contribution in [0.15, 0.2) is 60.7 Å². The summed E-state index contributed by atoms with van der Waals surface area (Å²) in [5, 5.41) is 9.14. The van der Waals surface area contributed by atoms with Crippen LogP contribution in [0.1, 0.15) is 5.56 Å². The molecular weight excluding hydrogens is 311 g/mol. The molecule has 3 aromatic rings. The normalized spacial score (nSPS) is 15.0. The first kappa shape index (κ1) is 13.6. The second kappa shape index (κ2) is 5.01. The molecule has 0 saturated heterocycles. The standard InChI is InChI=1S/C17H15N2OPS/c1-12-8-10-14(11-9-12)20-21(22)18-15-6-2-4-13-5-3-7-16(19-21)17(13)15/h2-11H,1H3,(H2,18,19,22). The van der Waals surface area contributed by atoms with Gasteiger partial charge in [0.25, 0.3) is 6.57 Å². The van der Waals surface area contributed by atoms with Crippen LogP contribution in [0.3, 0.4) is 0 Å². The molecule has 0 atom stereocenters. The molecule has 2 N–H and O–H groups in total. The summed E-state index contributed by atoms with van der Waals surface area (Å²) >= 11 is 5.76. The highest BCUT2D eigenvalue weighted by Gasteiger charge is 2.26. The van der Waals surface area contributed by atoms with Crippen molar-refractivity contribution in [3.05, 3.63) is 66.2 Å². The number of aryl methyl sites for hydroxylation is 1. The van der Waals surface area contributed by atoms with Gasteiger partial charge in [0.2, 0.25) is 0 Å². The topological polar surface area (TPSA) is 33.3 Å². The van der Waals surface area contributed by atoms with E-state index in [0.29, 0.717) is 0 Å². The summed E-state index contributed by atoms with van der Waals surface area (Å²) in [4.78, 5) is 0. The average molecular weight is 326 g/mol. The molecule has 1 aliphatic rings. The zero-order valence-electron chi connectivity index (χ0n) is 12.0. The first-order valence-electron chi connectivity index (χ1n) is 7.08. The molecule has 0 saturated carbocycles. The summed E-state index contributed by atoms with van der Waals surface area (Å²) < 4.78 is 6.09. The minimum absolute atomic E-state index is 0.778. The van der Waals surface area contributed by atoms with E-state index in [4.69, 9.17) is 16.3 Å². The van der Waals surface area contributed by atoms with Crippen LogP contribution < -0.4 is 14.7 Å². The van der Waals surface area contributed by atoms with E-state index >= 15 is 0 Å². The highest BCUT2D eigenvalue weighted by atomic mass is 32.4. The molecule has 0 fully saturated rings. The van der Waals surface area contributed by atoms with Crippen LogP contribution in [0.25, 0.3) is 10.8 Å². The fourth-order valence-corrected chi connectivity index (χ4v) is 5.09. The Hall–Kier alpha value is -2.03. The summed E-state index contributed by atoms with van der Waals surface area (Å²) in [6.07, 6.45) is 0.